The average molecular weight is 448 g/mol. The monoisotopic (exact) mass is 448 g/mol. The third kappa shape index (κ3) is 5.57. The molecule has 32 heavy (non-hydrogen) atoms. The van der Waals surface area contributed by atoms with Crippen LogP contribution >= 0.6 is 0 Å². The van der Waals surface area contributed by atoms with E-state index in [1.807, 2.05) is 13.8 Å². The number of pyridine rings is 1. The first-order chi connectivity index (χ1) is 15.1. The Morgan fingerprint density at radius 3 is 2.59 bits per heavy atom. The maximum atomic E-state index is 13.0. The molecule has 3 amide bonds. The van der Waals surface area contributed by atoms with Crippen LogP contribution in [0.4, 0.5) is 29.5 Å². The minimum absolute atomic E-state index is 0.190. The van der Waals surface area contributed by atoms with Gasteiger partial charge in [0.05, 0.1) is 11.7 Å². The summed E-state index contributed by atoms with van der Waals surface area (Å²) in [5.41, 5.74) is 1.91. The van der Waals surface area contributed by atoms with Crippen LogP contribution in [-0.2, 0) is 4.79 Å². The first-order valence-electron chi connectivity index (χ1n) is 9.92. The Hall–Kier alpha value is -3.56. The number of amides is 3. The molecule has 2 aromatic rings. The number of ether oxygens (including phenoxy) is 1. The van der Waals surface area contributed by atoms with Crippen molar-refractivity contribution >= 4 is 23.4 Å². The Morgan fingerprint density at radius 2 is 2.00 bits per heavy atom. The highest BCUT2D eigenvalue weighted by atomic mass is 19.4. The highest BCUT2D eigenvalue weighted by Crippen LogP contribution is 2.31. The van der Waals surface area contributed by atoms with E-state index in [1.54, 1.807) is 18.3 Å². The van der Waals surface area contributed by atoms with Gasteiger partial charge in [-0.3, -0.25) is 9.69 Å². The molecule has 0 aliphatic carbocycles. The summed E-state index contributed by atoms with van der Waals surface area (Å²) in [5, 5.41) is 5.53. The van der Waals surface area contributed by atoms with Crippen LogP contribution in [0.25, 0.3) is 0 Å². The largest absolute Gasteiger partial charge is 0.573 e. The quantitative estimate of drug-likeness (QED) is 0.617. The molecule has 10 heteroatoms. The number of hydrogen-bond acceptors (Lipinski definition) is 4. The van der Waals surface area contributed by atoms with E-state index < -0.39 is 18.4 Å². The van der Waals surface area contributed by atoms with Crippen molar-refractivity contribution in [3.05, 3.63) is 60.3 Å². The Kier molecular flexibility index (Phi) is 6.71. The molecule has 0 radical (unpaired) electrons. The minimum Gasteiger partial charge on any atom is -0.406 e. The number of fused-ring (bicyclic) bond motifs is 1. The van der Waals surface area contributed by atoms with E-state index >= 15 is 0 Å². The lowest BCUT2D eigenvalue weighted by Crippen LogP contribution is -2.48. The molecule has 7 nitrogen and oxygen atoms in total. The molecule has 2 N–H and O–H groups in total. The van der Waals surface area contributed by atoms with E-state index in [0.29, 0.717) is 23.5 Å². The second-order valence-corrected chi connectivity index (χ2v) is 7.57. The van der Waals surface area contributed by atoms with Crippen LogP contribution < -0.4 is 20.3 Å². The van der Waals surface area contributed by atoms with Gasteiger partial charge >= 0.3 is 12.4 Å². The van der Waals surface area contributed by atoms with Gasteiger partial charge in [-0.2, -0.15) is 0 Å². The Balaban J connectivity index is 1.81. The fourth-order valence-electron chi connectivity index (χ4n) is 3.25. The number of benzene rings is 1. The summed E-state index contributed by atoms with van der Waals surface area (Å²) in [4.78, 5) is 30.8. The number of aromatic nitrogens is 1. The van der Waals surface area contributed by atoms with Crippen LogP contribution in [0.3, 0.4) is 0 Å². The van der Waals surface area contributed by atoms with Crippen molar-refractivity contribution in [2.45, 2.75) is 38.6 Å². The predicted molar refractivity (Wildman–Crippen MR) is 114 cm³/mol. The zero-order valence-corrected chi connectivity index (χ0v) is 17.6. The van der Waals surface area contributed by atoms with Crippen LogP contribution in [0.5, 0.6) is 5.75 Å². The van der Waals surface area contributed by atoms with Gasteiger partial charge in [0.2, 0.25) is 5.91 Å². The summed E-state index contributed by atoms with van der Waals surface area (Å²) in [6.45, 7) is 7.43. The van der Waals surface area contributed by atoms with Gasteiger partial charge in [0, 0.05) is 6.20 Å². The lowest BCUT2D eigenvalue weighted by atomic mass is 10.0. The number of carbonyl (C=O) groups excluding carboxylic acids is 2. The zero-order chi connectivity index (χ0) is 23.5. The van der Waals surface area contributed by atoms with E-state index in [4.69, 9.17) is 0 Å². The van der Waals surface area contributed by atoms with Gasteiger partial charge in [-0.15, -0.1) is 19.8 Å². The number of halogens is 3. The van der Waals surface area contributed by atoms with Crippen molar-refractivity contribution in [1.29, 1.82) is 0 Å². The topological polar surface area (TPSA) is 83.6 Å². The number of urea groups is 1. The highest BCUT2D eigenvalue weighted by Gasteiger charge is 2.32. The third-order valence-electron chi connectivity index (χ3n) is 4.85. The molecule has 1 aromatic carbocycles. The molecule has 2 heterocycles. The van der Waals surface area contributed by atoms with Crippen LogP contribution in [-0.4, -0.2) is 29.8 Å². The molecule has 3 rings (SSSR count). The number of anilines is 2. The van der Waals surface area contributed by atoms with Crippen LogP contribution in [0.15, 0.2) is 49.2 Å². The second kappa shape index (κ2) is 9.29. The zero-order valence-electron chi connectivity index (χ0n) is 17.6. The van der Waals surface area contributed by atoms with Crippen molar-refractivity contribution in [3.63, 3.8) is 0 Å². The molecule has 0 spiro atoms. The number of hydrogen-bond donors (Lipinski definition) is 2. The lowest BCUT2D eigenvalue weighted by Gasteiger charge is -2.30. The summed E-state index contributed by atoms with van der Waals surface area (Å²) >= 11 is 0. The van der Waals surface area contributed by atoms with Gasteiger partial charge in [-0.1, -0.05) is 32.1 Å². The summed E-state index contributed by atoms with van der Waals surface area (Å²) in [5.74, 6) is -0.214. The molecule has 0 fully saturated rings. The smallest absolute Gasteiger partial charge is 0.406 e. The number of alkyl halides is 3. The second-order valence-electron chi connectivity index (χ2n) is 7.57. The molecule has 0 saturated heterocycles. The maximum Gasteiger partial charge on any atom is 0.573 e. The van der Waals surface area contributed by atoms with E-state index in [2.05, 4.69) is 26.9 Å². The van der Waals surface area contributed by atoms with Crippen LogP contribution in [0, 0.1) is 0 Å². The molecular weight excluding hydrogens is 425 g/mol. The normalized spacial score (nSPS) is 14.4. The predicted octanol–water partition coefficient (Wildman–Crippen LogP) is 4.89. The molecule has 170 valence electrons. The Bertz CT molecular complexity index is 1010. The summed E-state index contributed by atoms with van der Waals surface area (Å²) in [7, 11) is 0. The molecule has 1 aliphatic heterocycles. The molecule has 1 aliphatic rings. The molecule has 1 unspecified atom stereocenters. The summed E-state index contributed by atoms with van der Waals surface area (Å²) < 4.78 is 41.0. The van der Waals surface area contributed by atoms with Crippen molar-refractivity contribution in [3.8, 4) is 5.75 Å². The lowest BCUT2D eigenvalue weighted by molar-refractivity contribution is -0.274. The van der Waals surface area contributed by atoms with Crippen molar-refractivity contribution < 1.29 is 27.5 Å². The van der Waals surface area contributed by atoms with Gasteiger partial charge in [0.1, 0.15) is 12.3 Å². The van der Waals surface area contributed by atoms with Crippen LogP contribution in [0.1, 0.15) is 43.4 Å². The summed E-state index contributed by atoms with van der Waals surface area (Å²) in [6.07, 6.45) is -1.24. The molecule has 0 bridgehead atoms. The molecular formula is C22H23F3N4O3. The van der Waals surface area contributed by atoms with E-state index in [0.717, 1.165) is 5.56 Å². The van der Waals surface area contributed by atoms with E-state index in [-0.39, 0.29) is 24.1 Å². The van der Waals surface area contributed by atoms with Crippen molar-refractivity contribution in [2.24, 2.45) is 0 Å². The van der Waals surface area contributed by atoms with Gasteiger partial charge in [-0.25, -0.2) is 9.78 Å². The molecule has 1 atom stereocenters. The SMILES string of the molecule is C=CCC(NC(=O)N1CC(=O)Nc2cc(C(C)C)cnc21)c1ccc(OC(F)(F)F)cc1. The fraction of sp³-hybridized carbons (Fsp3) is 0.318. The fourth-order valence-corrected chi connectivity index (χ4v) is 3.25. The Morgan fingerprint density at radius 1 is 1.31 bits per heavy atom. The first kappa shape index (κ1) is 23.1. The maximum absolute atomic E-state index is 13.0. The van der Waals surface area contributed by atoms with Crippen molar-refractivity contribution in [1.82, 2.24) is 10.3 Å². The minimum atomic E-state index is -4.79. The number of nitrogens with zero attached hydrogens (tertiary/aromatic N) is 2. The third-order valence-corrected chi connectivity index (χ3v) is 4.85. The Labute approximate surface area is 183 Å². The average Bonchev–Trinajstić information content (AvgIpc) is 2.71. The van der Waals surface area contributed by atoms with E-state index in [9.17, 15) is 22.8 Å². The van der Waals surface area contributed by atoms with Crippen LogP contribution in [0.2, 0.25) is 0 Å². The van der Waals surface area contributed by atoms with E-state index in [1.165, 1.54) is 29.2 Å². The number of nitrogens with one attached hydrogen (secondary N) is 2. The highest BCUT2D eigenvalue weighted by molar-refractivity contribution is 6.08. The van der Waals surface area contributed by atoms with Gasteiger partial charge in [-0.05, 0) is 41.7 Å². The van der Waals surface area contributed by atoms with Gasteiger partial charge in [0.15, 0.2) is 5.82 Å². The standard InChI is InChI=1S/C22H23F3N4O3/c1-4-5-17(14-6-8-16(9-7-14)32-22(23,24)25)28-21(31)29-12-19(30)27-18-10-15(13(2)3)11-26-20(18)29/h4,6-11,13,17H,1,5,12H2,2-3H3,(H,27,30)(H,28,31). The van der Waals surface area contributed by atoms with Gasteiger partial charge < -0.3 is 15.4 Å². The number of rotatable bonds is 6. The van der Waals surface area contributed by atoms with Crippen molar-refractivity contribution in [2.75, 3.05) is 16.8 Å². The first-order valence-corrected chi connectivity index (χ1v) is 9.92. The summed E-state index contributed by atoms with van der Waals surface area (Å²) in [6, 6.07) is 5.84. The molecule has 0 saturated carbocycles. The number of carbonyl (C=O) groups is 2. The van der Waals surface area contributed by atoms with Gasteiger partial charge in [0.25, 0.3) is 0 Å². The molecule has 1 aromatic heterocycles.